The molecule has 1 atom stereocenters. The van der Waals surface area contributed by atoms with Gasteiger partial charge in [-0.2, -0.15) is 0 Å². The number of hydrogen-bond donors (Lipinski definition) is 0. The number of carbonyl (C=O) groups excluding carboxylic acids is 1. The van der Waals surface area contributed by atoms with Crippen LogP contribution in [0.15, 0.2) is 48.5 Å². The van der Waals surface area contributed by atoms with Gasteiger partial charge in [0, 0.05) is 26.7 Å². The van der Waals surface area contributed by atoms with Crippen molar-refractivity contribution in [2.24, 2.45) is 5.92 Å². The van der Waals surface area contributed by atoms with Crippen LogP contribution < -0.4 is 4.74 Å². The van der Waals surface area contributed by atoms with E-state index in [1.807, 2.05) is 36.2 Å². The molecular formula is C25H34N2O2. The Bertz CT molecular complexity index is 805. The zero-order valence-corrected chi connectivity index (χ0v) is 18.1. The molecule has 1 aliphatic rings. The second-order valence-electron chi connectivity index (χ2n) is 8.31. The summed E-state index contributed by atoms with van der Waals surface area (Å²) in [5, 5.41) is 0. The number of likely N-dealkylation sites (tertiary alicyclic amines) is 1. The van der Waals surface area contributed by atoms with Gasteiger partial charge in [0.1, 0.15) is 5.75 Å². The van der Waals surface area contributed by atoms with E-state index in [4.69, 9.17) is 4.74 Å². The predicted molar refractivity (Wildman–Crippen MR) is 118 cm³/mol. The molecule has 1 amide bonds. The Morgan fingerprint density at radius 2 is 2.03 bits per heavy atom. The Balaban J connectivity index is 1.48. The minimum Gasteiger partial charge on any atom is -0.496 e. The lowest BCUT2D eigenvalue weighted by molar-refractivity contribution is -0.130. The van der Waals surface area contributed by atoms with E-state index in [9.17, 15) is 4.79 Å². The monoisotopic (exact) mass is 394 g/mol. The highest BCUT2D eigenvalue weighted by atomic mass is 16.5. The van der Waals surface area contributed by atoms with E-state index < -0.39 is 0 Å². The molecule has 1 aliphatic heterocycles. The highest BCUT2D eigenvalue weighted by molar-refractivity contribution is 5.78. The topological polar surface area (TPSA) is 32.8 Å². The van der Waals surface area contributed by atoms with Crippen LogP contribution >= 0.6 is 0 Å². The quantitative estimate of drug-likeness (QED) is 0.679. The molecule has 0 aliphatic carbocycles. The van der Waals surface area contributed by atoms with Crippen LogP contribution in [0.2, 0.25) is 0 Å². The molecule has 156 valence electrons. The Kier molecular flexibility index (Phi) is 7.70. The number of para-hydroxylation sites is 1. The number of nitrogens with zero attached hydrogens (tertiary/aromatic N) is 2. The molecule has 1 heterocycles. The highest BCUT2D eigenvalue weighted by Crippen LogP contribution is 2.21. The standard InChI is InChI=1S/C25H34N2O2/c1-20-8-6-9-21(16-20)17-25(28)26(2)18-22-10-7-14-27(19-22)15-13-23-11-4-5-12-24(23)29-3/h4-6,8-9,11-12,16,22H,7,10,13-15,17-19H2,1-3H3. The van der Waals surface area contributed by atoms with E-state index in [1.54, 1.807) is 7.11 Å². The Morgan fingerprint density at radius 1 is 1.21 bits per heavy atom. The number of piperidine rings is 1. The first kappa shape index (κ1) is 21.4. The summed E-state index contributed by atoms with van der Waals surface area (Å²) in [6.07, 6.45) is 3.89. The molecule has 29 heavy (non-hydrogen) atoms. The molecule has 4 heteroatoms. The third-order valence-electron chi connectivity index (χ3n) is 5.89. The van der Waals surface area contributed by atoms with E-state index in [1.165, 1.54) is 24.0 Å². The van der Waals surface area contributed by atoms with Crippen LogP contribution in [0.5, 0.6) is 5.75 Å². The van der Waals surface area contributed by atoms with Crippen LogP contribution in [0.1, 0.15) is 29.5 Å². The summed E-state index contributed by atoms with van der Waals surface area (Å²) in [4.78, 5) is 17.1. The summed E-state index contributed by atoms with van der Waals surface area (Å²) < 4.78 is 5.48. The normalized spacial score (nSPS) is 17.1. The number of methoxy groups -OCH3 is 1. The van der Waals surface area contributed by atoms with Gasteiger partial charge >= 0.3 is 0 Å². The van der Waals surface area contributed by atoms with Crippen molar-refractivity contribution in [3.05, 3.63) is 65.2 Å². The van der Waals surface area contributed by atoms with Crippen molar-refractivity contribution in [1.29, 1.82) is 0 Å². The van der Waals surface area contributed by atoms with Gasteiger partial charge in [-0.1, -0.05) is 48.0 Å². The molecule has 0 N–H and O–H groups in total. The minimum absolute atomic E-state index is 0.210. The summed E-state index contributed by atoms with van der Waals surface area (Å²) in [6, 6.07) is 16.5. The lowest BCUT2D eigenvalue weighted by Crippen LogP contribution is -2.42. The second-order valence-corrected chi connectivity index (χ2v) is 8.31. The van der Waals surface area contributed by atoms with Gasteiger partial charge in [0.25, 0.3) is 0 Å². The van der Waals surface area contributed by atoms with Gasteiger partial charge in [0.2, 0.25) is 5.91 Å². The first-order valence-corrected chi connectivity index (χ1v) is 10.7. The number of rotatable bonds is 8. The molecule has 1 saturated heterocycles. The molecule has 0 saturated carbocycles. The smallest absolute Gasteiger partial charge is 0.226 e. The summed E-state index contributed by atoms with van der Waals surface area (Å²) >= 11 is 0. The minimum atomic E-state index is 0.210. The largest absolute Gasteiger partial charge is 0.496 e. The lowest BCUT2D eigenvalue weighted by atomic mass is 9.96. The fraction of sp³-hybridized carbons (Fsp3) is 0.480. The fourth-order valence-corrected chi connectivity index (χ4v) is 4.31. The van der Waals surface area contributed by atoms with Gasteiger partial charge in [0.05, 0.1) is 13.5 Å². The maximum Gasteiger partial charge on any atom is 0.226 e. The summed E-state index contributed by atoms with van der Waals surface area (Å²) in [7, 11) is 3.69. The number of benzene rings is 2. The maximum absolute atomic E-state index is 12.7. The predicted octanol–water partition coefficient (Wildman–Crippen LogP) is 3.96. The number of hydrogen-bond acceptors (Lipinski definition) is 3. The zero-order chi connectivity index (χ0) is 20.6. The van der Waals surface area contributed by atoms with Crippen LogP contribution in [0.25, 0.3) is 0 Å². The van der Waals surface area contributed by atoms with Crippen LogP contribution in [0.4, 0.5) is 0 Å². The number of carbonyl (C=O) groups is 1. The third kappa shape index (κ3) is 6.33. The van der Waals surface area contributed by atoms with Gasteiger partial charge in [-0.25, -0.2) is 0 Å². The fourth-order valence-electron chi connectivity index (χ4n) is 4.31. The summed E-state index contributed by atoms with van der Waals surface area (Å²) in [5.74, 6) is 1.73. The maximum atomic E-state index is 12.7. The number of aryl methyl sites for hydroxylation is 1. The van der Waals surface area contributed by atoms with Crippen LogP contribution in [0, 0.1) is 12.8 Å². The molecule has 1 unspecified atom stereocenters. The molecular weight excluding hydrogens is 360 g/mol. The van der Waals surface area contributed by atoms with Gasteiger partial charge in [-0.05, 0) is 55.8 Å². The van der Waals surface area contributed by atoms with E-state index >= 15 is 0 Å². The van der Waals surface area contributed by atoms with Crippen LogP contribution in [-0.4, -0.2) is 56.0 Å². The van der Waals surface area contributed by atoms with Crippen molar-refractivity contribution in [3.63, 3.8) is 0 Å². The molecule has 3 rings (SSSR count). The Labute approximate surface area is 175 Å². The Hall–Kier alpha value is -2.33. The van der Waals surface area contributed by atoms with Crippen LogP contribution in [0.3, 0.4) is 0 Å². The second kappa shape index (κ2) is 10.4. The first-order valence-electron chi connectivity index (χ1n) is 10.7. The average molecular weight is 395 g/mol. The van der Waals surface area contributed by atoms with E-state index in [0.717, 1.165) is 43.9 Å². The average Bonchev–Trinajstić information content (AvgIpc) is 2.72. The van der Waals surface area contributed by atoms with Gasteiger partial charge in [-0.3, -0.25) is 4.79 Å². The van der Waals surface area contributed by atoms with Gasteiger partial charge < -0.3 is 14.5 Å². The van der Waals surface area contributed by atoms with E-state index in [2.05, 4.69) is 36.1 Å². The molecule has 0 bridgehead atoms. The Morgan fingerprint density at radius 3 is 2.83 bits per heavy atom. The molecule has 0 spiro atoms. The molecule has 0 aromatic heterocycles. The molecule has 4 nitrogen and oxygen atoms in total. The van der Waals surface area contributed by atoms with Crippen LogP contribution in [-0.2, 0) is 17.6 Å². The van der Waals surface area contributed by atoms with E-state index in [-0.39, 0.29) is 5.91 Å². The molecule has 2 aromatic carbocycles. The number of amides is 1. The molecule has 2 aromatic rings. The lowest BCUT2D eigenvalue weighted by Gasteiger charge is -2.35. The first-order chi connectivity index (χ1) is 14.0. The van der Waals surface area contributed by atoms with Crippen molar-refractivity contribution in [2.45, 2.75) is 32.6 Å². The van der Waals surface area contributed by atoms with Crippen molar-refractivity contribution in [2.75, 3.05) is 40.3 Å². The zero-order valence-electron chi connectivity index (χ0n) is 18.1. The van der Waals surface area contributed by atoms with Gasteiger partial charge in [-0.15, -0.1) is 0 Å². The SMILES string of the molecule is COc1ccccc1CCN1CCCC(CN(C)C(=O)Cc2cccc(C)c2)C1. The molecule has 0 radical (unpaired) electrons. The van der Waals surface area contributed by atoms with Crippen molar-refractivity contribution >= 4 is 5.91 Å². The third-order valence-corrected chi connectivity index (χ3v) is 5.89. The van der Waals surface area contributed by atoms with Gasteiger partial charge in [0.15, 0.2) is 0 Å². The van der Waals surface area contributed by atoms with Crippen molar-refractivity contribution in [1.82, 2.24) is 9.80 Å². The number of likely N-dealkylation sites (N-methyl/N-ethyl adjacent to an activating group) is 1. The van der Waals surface area contributed by atoms with Crippen molar-refractivity contribution in [3.8, 4) is 5.75 Å². The van der Waals surface area contributed by atoms with Crippen molar-refractivity contribution < 1.29 is 9.53 Å². The summed E-state index contributed by atoms with van der Waals surface area (Å²) in [6.45, 7) is 6.16. The van der Waals surface area contributed by atoms with E-state index in [0.29, 0.717) is 12.3 Å². The number of ether oxygens (including phenoxy) is 1. The summed E-state index contributed by atoms with van der Waals surface area (Å²) in [5.41, 5.74) is 3.57. The molecule has 1 fully saturated rings. The highest BCUT2D eigenvalue weighted by Gasteiger charge is 2.23.